The van der Waals surface area contributed by atoms with Gasteiger partial charge in [0.1, 0.15) is 0 Å². The Hall–Kier alpha value is -1.65. The zero-order valence-corrected chi connectivity index (χ0v) is 18.9. The fourth-order valence-corrected chi connectivity index (χ4v) is 4.81. The Morgan fingerprint density at radius 3 is 2.24 bits per heavy atom. The van der Waals surface area contributed by atoms with E-state index in [9.17, 15) is 4.79 Å². The van der Waals surface area contributed by atoms with Crippen molar-refractivity contribution < 1.29 is 4.79 Å². The monoisotopic (exact) mass is 397 g/mol. The van der Waals surface area contributed by atoms with Gasteiger partial charge in [0.2, 0.25) is 5.91 Å². The van der Waals surface area contributed by atoms with Crippen molar-refractivity contribution in [2.45, 2.75) is 52.0 Å². The van der Waals surface area contributed by atoms with Gasteiger partial charge in [-0.25, -0.2) is 0 Å². The summed E-state index contributed by atoms with van der Waals surface area (Å²) >= 11 is 0. The lowest BCUT2D eigenvalue weighted by Gasteiger charge is -2.37. The number of rotatable bonds is 8. The molecule has 2 aliphatic rings. The molecule has 0 saturated carbocycles. The molecular formula is C25H39N3O. The normalized spacial score (nSPS) is 18.1. The van der Waals surface area contributed by atoms with Gasteiger partial charge in [-0.3, -0.25) is 9.69 Å². The number of carbonyl (C=O) groups is 1. The minimum atomic E-state index is 0.192. The van der Waals surface area contributed by atoms with Crippen molar-refractivity contribution in [1.82, 2.24) is 14.7 Å². The number of allylic oxidation sites excluding steroid dienone is 1. The third-order valence-corrected chi connectivity index (χ3v) is 6.43. The van der Waals surface area contributed by atoms with E-state index < -0.39 is 0 Å². The van der Waals surface area contributed by atoms with E-state index in [-0.39, 0.29) is 5.91 Å². The number of fused-ring (bicyclic) bond motifs is 1. The number of amides is 1. The van der Waals surface area contributed by atoms with E-state index in [4.69, 9.17) is 0 Å². The van der Waals surface area contributed by atoms with Crippen LogP contribution in [-0.2, 0) is 17.6 Å². The van der Waals surface area contributed by atoms with Gasteiger partial charge in [-0.15, -0.1) is 0 Å². The highest BCUT2D eigenvalue weighted by Gasteiger charge is 2.30. The molecule has 1 aliphatic carbocycles. The van der Waals surface area contributed by atoms with Gasteiger partial charge in [-0.1, -0.05) is 29.8 Å². The van der Waals surface area contributed by atoms with Crippen molar-refractivity contribution in [3.05, 3.63) is 47.0 Å². The quantitative estimate of drug-likeness (QED) is 0.627. The number of hydrogen-bond acceptors (Lipinski definition) is 3. The van der Waals surface area contributed by atoms with E-state index >= 15 is 0 Å². The largest absolute Gasteiger partial charge is 0.339 e. The summed E-state index contributed by atoms with van der Waals surface area (Å²) in [6.07, 6.45) is 7.67. The van der Waals surface area contributed by atoms with E-state index in [0.29, 0.717) is 12.0 Å². The fraction of sp³-hybridized carbons (Fsp3) is 0.640. The number of likely N-dealkylation sites (tertiary alicyclic amines) is 1. The van der Waals surface area contributed by atoms with Crippen LogP contribution in [0.2, 0.25) is 0 Å². The molecular weight excluding hydrogens is 358 g/mol. The highest BCUT2D eigenvalue weighted by atomic mass is 16.2. The highest BCUT2D eigenvalue weighted by molar-refractivity contribution is 5.88. The first kappa shape index (κ1) is 22.0. The topological polar surface area (TPSA) is 26.8 Å². The van der Waals surface area contributed by atoms with E-state index in [1.54, 1.807) is 17.2 Å². The van der Waals surface area contributed by atoms with Gasteiger partial charge >= 0.3 is 0 Å². The number of carbonyl (C=O) groups excluding carboxylic acids is 1. The molecule has 4 nitrogen and oxygen atoms in total. The number of benzene rings is 1. The number of piperidine rings is 1. The van der Waals surface area contributed by atoms with Gasteiger partial charge < -0.3 is 9.80 Å². The minimum Gasteiger partial charge on any atom is -0.339 e. The molecule has 1 heterocycles. The van der Waals surface area contributed by atoms with Crippen LogP contribution in [0, 0.1) is 5.92 Å². The van der Waals surface area contributed by atoms with Crippen molar-refractivity contribution in [1.29, 1.82) is 0 Å². The van der Waals surface area contributed by atoms with Crippen LogP contribution in [0.4, 0.5) is 0 Å². The lowest BCUT2D eigenvalue weighted by Crippen LogP contribution is -2.45. The molecule has 160 valence electrons. The lowest BCUT2D eigenvalue weighted by molar-refractivity contribution is -0.127. The summed E-state index contributed by atoms with van der Waals surface area (Å²) in [7, 11) is 4.19. The van der Waals surface area contributed by atoms with Gasteiger partial charge in [0.05, 0.1) is 0 Å². The van der Waals surface area contributed by atoms with Gasteiger partial charge in [0, 0.05) is 25.2 Å². The van der Waals surface area contributed by atoms with Crippen LogP contribution >= 0.6 is 0 Å². The van der Waals surface area contributed by atoms with Crippen molar-refractivity contribution in [3.8, 4) is 0 Å². The Bertz CT molecular complexity index is 675. The van der Waals surface area contributed by atoms with Crippen LogP contribution in [0.5, 0.6) is 0 Å². The molecule has 0 radical (unpaired) electrons. The van der Waals surface area contributed by atoms with Crippen LogP contribution in [0.1, 0.15) is 44.2 Å². The molecule has 1 amide bonds. The van der Waals surface area contributed by atoms with Crippen LogP contribution in [0.25, 0.3) is 0 Å². The summed E-state index contributed by atoms with van der Waals surface area (Å²) in [4.78, 5) is 19.7. The average Bonchev–Trinajstić information content (AvgIpc) is 3.11. The SMILES string of the molecule is CC(C)=CC(=O)N(CCCN(C)C)CC1CCN(C2Cc3ccccc3C2)CC1. The Labute approximate surface area is 177 Å². The second-order valence-corrected chi connectivity index (χ2v) is 9.47. The summed E-state index contributed by atoms with van der Waals surface area (Å²) < 4.78 is 0. The lowest BCUT2D eigenvalue weighted by atomic mass is 9.94. The predicted octanol–water partition coefficient (Wildman–Crippen LogP) is 3.61. The van der Waals surface area contributed by atoms with E-state index in [1.807, 2.05) is 13.8 Å². The first-order chi connectivity index (χ1) is 13.9. The molecule has 3 rings (SSSR count). The second-order valence-electron chi connectivity index (χ2n) is 9.47. The van der Waals surface area contributed by atoms with Gasteiger partial charge in [-0.05, 0) is 96.7 Å². The first-order valence-electron chi connectivity index (χ1n) is 11.3. The van der Waals surface area contributed by atoms with Gasteiger partial charge in [-0.2, -0.15) is 0 Å². The summed E-state index contributed by atoms with van der Waals surface area (Å²) in [6.45, 7) is 9.16. The zero-order valence-electron chi connectivity index (χ0n) is 18.9. The molecule has 0 N–H and O–H groups in total. The summed E-state index contributed by atoms with van der Waals surface area (Å²) in [5, 5.41) is 0. The van der Waals surface area contributed by atoms with Gasteiger partial charge in [0.25, 0.3) is 0 Å². The fourth-order valence-electron chi connectivity index (χ4n) is 4.81. The molecule has 1 saturated heterocycles. The van der Waals surface area contributed by atoms with Crippen LogP contribution in [0.3, 0.4) is 0 Å². The summed E-state index contributed by atoms with van der Waals surface area (Å²) in [5.74, 6) is 0.821. The van der Waals surface area contributed by atoms with E-state index in [1.165, 1.54) is 38.8 Å². The molecule has 0 unspecified atom stereocenters. The first-order valence-corrected chi connectivity index (χ1v) is 11.3. The summed E-state index contributed by atoms with van der Waals surface area (Å²) in [5.41, 5.74) is 4.17. The Kier molecular flexibility index (Phi) is 7.91. The van der Waals surface area contributed by atoms with E-state index in [0.717, 1.165) is 31.6 Å². The molecule has 1 fully saturated rings. The molecule has 0 atom stereocenters. The maximum Gasteiger partial charge on any atom is 0.246 e. The van der Waals surface area contributed by atoms with Crippen LogP contribution in [0.15, 0.2) is 35.9 Å². The molecule has 1 aromatic carbocycles. The van der Waals surface area contributed by atoms with Crippen LogP contribution < -0.4 is 0 Å². The third-order valence-electron chi connectivity index (χ3n) is 6.43. The Balaban J connectivity index is 1.50. The van der Waals surface area contributed by atoms with Crippen LogP contribution in [-0.4, -0.2) is 73.5 Å². The van der Waals surface area contributed by atoms with E-state index in [2.05, 4.69) is 53.1 Å². The maximum atomic E-state index is 12.7. The third kappa shape index (κ3) is 6.42. The molecule has 4 heteroatoms. The Morgan fingerprint density at radius 2 is 1.69 bits per heavy atom. The smallest absolute Gasteiger partial charge is 0.246 e. The van der Waals surface area contributed by atoms with Crippen molar-refractivity contribution >= 4 is 5.91 Å². The second kappa shape index (κ2) is 10.4. The van der Waals surface area contributed by atoms with Crippen molar-refractivity contribution in [2.24, 2.45) is 5.92 Å². The molecule has 0 aromatic heterocycles. The predicted molar refractivity (Wildman–Crippen MR) is 121 cm³/mol. The number of nitrogens with zero attached hydrogens (tertiary/aromatic N) is 3. The Morgan fingerprint density at radius 1 is 1.07 bits per heavy atom. The molecule has 1 aliphatic heterocycles. The maximum absolute atomic E-state index is 12.7. The van der Waals surface area contributed by atoms with Crippen molar-refractivity contribution in [2.75, 3.05) is 46.8 Å². The molecule has 1 aromatic rings. The van der Waals surface area contributed by atoms with Gasteiger partial charge in [0.15, 0.2) is 0 Å². The molecule has 29 heavy (non-hydrogen) atoms. The average molecular weight is 398 g/mol. The molecule has 0 spiro atoms. The highest BCUT2D eigenvalue weighted by Crippen LogP contribution is 2.29. The molecule has 0 bridgehead atoms. The summed E-state index contributed by atoms with van der Waals surface area (Å²) in [6, 6.07) is 9.60. The van der Waals surface area contributed by atoms with Crippen molar-refractivity contribution in [3.63, 3.8) is 0 Å². The standard InChI is InChI=1S/C25H39N3O/c1-20(2)16-25(29)28(13-7-12-26(3)4)19-21-10-14-27(15-11-21)24-17-22-8-5-6-9-23(22)18-24/h5-6,8-9,16,21,24H,7,10-15,17-19H2,1-4H3. The number of hydrogen-bond donors (Lipinski definition) is 0. The minimum absolute atomic E-state index is 0.192. The zero-order chi connectivity index (χ0) is 20.8.